The molecule has 1 unspecified atom stereocenters. The van der Waals surface area contributed by atoms with E-state index in [4.69, 9.17) is 4.52 Å². The molecule has 2 heterocycles. The number of hydrogen-bond acceptors (Lipinski definition) is 5. The Kier molecular flexibility index (Phi) is 4.73. The Hall–Kier alpha value is -1.75. The fourth-order valence-corrected chi connectivity index (χ4v) is 2.21. The first-order valence-corrected chi connectivity index (χ1v) is 7.40. The van der Waals surface area contributed by atoms with Gasteiger partial charge in [-0.3, -0.25) is 0 Å². The largest absolute Gasteiger partial charge is 0.339 e. The van der Waals surface area contributed by atoms with Gasteiger partial charge in [0.2, 0.25) is 11.7 Å². The van der Waals surface area contributed by atoms with E-state index in [0.717, 1.165) is 24.4 Å². The Morgan fingerprint density at radius 2 is 2.00 bits per heavy atom. The summed E-state index contributed by atoms with van der Waals surface area (Å²) in [5.41, 5.74) is 1.83. The van der Waals surface area contributed by atoms with E-state index in [1.807, 2.05) is 25.1 Å². The van der Waals surface area contributed by atoms with Crippen LogP contribution in [0.3, 0.4) is 0 Å². The van der Waals surface area contributed by atoms with Gasteiger partial charge < -0.3 is 9.84 Å². The van der Waals surface area contributed by atoms with Crippen LogP contribution in [-0.2, 0) is 6.42 Å². The molecule has 0 aliphatic carbocycles. The molecule has 114 valence electrons. The summed E-state index contributed by atoms with van der Waals surface area (Å²) in [5, 5.41) is 7.53. The zero-order valence-corrected chi connectivity index (χ0v) is 13.5. The minimum Gasteiger partial charge on any atom is -0.339 e. The molecule has 0 fully saturated rings. The van der Waals surface area contributed by atoms with Crippen molar-refractivity contribution in [2.75, 3.05) is 6.54 Å². The lowest BCUT2D eigenvalue weighted by atomic mass is 9.84. The zero-order valence-electron chi connectivity index (χ0n) is 13.5. The predicted octanol–water partition coefficient (Wildman–Crippen LogP) is 3.01. The standard InChI is InChI=1S/C16H24N4O/c1-6-17-13(16(3,4)5)10-14-19-15(20-21-14)12-9-7-8-11(2)18-12/h7-9,13,17H,6,10H2,1-5H3. The second kappa shape index (κ2) is 6.35. The summed E-state index contributed by atoms with van der Waals surface area (Å²) < 4.78 is 5.39. The summed E-state index contributed by atoms with van der Waals surface area (Å²) in [6, 6.07) is 6.09. The normalized spacial score (nSPS) is 13.4. The van der Waals surface area contributed by atoms with Crippen molar-refractivity contribution >= 4 is 0 Å². The SMILES string of the molecule is CCNC(Cc1nc(-c2cccc(C)n2)no1)C(C)(C)C. The molecule has 21 heavy (non-hydrogen) atoms. The maximum absolute atomic E-state index is 5.39. The van der Waals surface area contributed by atoms with E-state index in [1.54, 1.807) is 0 Å². The molecule has 0 aliphatic rings. The van der Waals surface area contributed by atoms with Crippen LogP contribution >= 0.6 is 0 Å². The summed E-state index contributed by atoms with van der Waals surface area (Å²) >= 11 is 0. The number of aryl methyl sites for hydroxylation is 1. The first-order chi connectivity index (χ1) is 9.90. The van der Waals surface area contributed by atoms with Gasteiger partial charge in [-0.25, -0.2) is 4.98 Å². The summed E-state index contributed by atoms with van der Waals surface area (Å²) in [7, 11) is 0. The van der Waals surface area contributed by atoms with Crippen molar-refractivity contribution in [1.29, 1.82) is 0 Å². The second-order valence-electron chi connectivity index (χ2n) is 6.36. The molecule has 0 aromatic carbocycles. The number of rotatable bonds is 5. The molecule has 1 atom stereocenters. The first-order valence-electron chi connectivity index (χ1n) is 7.40. The number of nitrogens with zero attached hydrogens (tertiary/aromatic N) is 3. The molecule has 2 rings (SSSR count). The van der Waals surface area contributed by atoms with E-state index in [9.17, 15) is 0 Å². The van der Waals surface area contributed by atoms with Gasteiger partial charge in [-0.1, -0.05) is 38.9 Å². The Balaban J connectivity index is 2.16. The van der Waals surface area contributed by atoms with Crippen LogP contribution in [0.25, 0.3) is 11.5 Å². The number of likely N-dealkylation sites (N-methyl/N-ethyl adjacent to an activating group) is 1. The minimum atomic E-state index is 0.131. The monoisotopic (exact) mass is 288 g/mol. The molecular formula is C16H24N4O. The van der Waals surface area contributed by atoms with Crippen LogP contribution < -0.4 is 5.32 Å². The summed E-state index contributed by atoms with van der Waals surface area (Å²) in [6.07, 6.45) is 0.718. The summed E-state index contributed by atoms with van der Waals surface area (Å²) in [5.74, 6) is 1.20. The summed E-state index contributed by atoms with van der Waals surface area (Å²) in [6.45, 7) is 11.6. The van der Waals surface area contributed by atoms with E-state index in [0.29, 0.717) is 17.8 Å². The van der Waals surface area contributed by atoms with Crippen molar-refractivity contribution < 1.29 is 4.52 Å². The van der Waals surface area contributed by atoms with Gasteiger partial charge in [0.1, 0.15) is 5.69 Å². The molecule has 5 nitrogen and oxygen atoms in total. The molecule has 0 spiro atoms. The van der Waals surface area contributed by atoms with E-state index in [1.165, 1.54) is 0 Å². The van der Waals surface area contributed by atoms with Crippen molar-refractivity contribution in [3.05, 3.63) is 29.8 Å². The highest BCUT2D eigenvalue weighted by Gasteiger charge is 2.26. The molecular weight excluding hydrogens is 264 g/mol. The third-order valence-electron chi connectivity index (χ3n) is 3.46. The maximum Gasteiger partial charge on any atom is 0.228 e. The average molecular weight is 288 g/mol. The highest BCUT2D eigenvalue weighted by molar-refractivity contribution is 5.47. The van der Waals surface area contributed by atoms with Gasteiger partial charge >= 0.3 is 0 Å². The quantitative estimate of drug-likeness (QED) is 0.916. The first kappa shape index (κ1) is 15.6. The Morgan fingerprint density at radius 1 is 1.24 bits per heavy atom. The summed E-state index contributed by atoms with van der Waals surface area (Å²) in [4.78, 5) is 8.90. The molecule has 0 saturated heterocycles. The lowest BCUT2D eigenvalue weighted by Gasteiger charge is -2.30. The molecule has 0 amide bonds. The van der Waals surface area contributed by atoms with Gasteiger partial charge in [-0.05, 0) is 31.0 Å². The van der Waals surface area contributed by atoms with E-state index >= 15 is 0 Å². The fourth-order valence-electron chi connectivity index (χ4n) is 2.21. The Labute approximate surface area is 126 Å². The van der Waals surface area contributed by atoms with E-state index in [2.05, 4.69) is 48.1 Å². The van der Waals surface area contributed by atoms with Crippen LogP contribution in [0, 0.1) is 12.3 Å². The third kappa shape index (κ3) is 4.11. The van der Waals surface area contributed by atoms with Gasteiger partial charge in [0, 0.05) is 18.2 Å². The van der Waals surface area contributed by atoms with Crippen molar-refractivity contribution in [1.82, 2.24) is 20.4 Å². The molecule has 2 aromatic rings. The van der Waals surface area contributed by atoms with Crippen LogP contribution in [-0.4, -0.2) is 27.7 Å². The van der Waals surface area contributed by atoms with Crippen LogP contribution in [0.4, 0.5) is 0 Å². The van der Waals surface area contributed by atoms with Gasteiger partial charge in [0.15, 0.2) is 0 Å². The molecule has 0 radical (unpaired) electrons. The van der Waals surface area contributed by atoms with Crippen LogP contribution in [0.1, 0.15) is 39.3 Å². The van der Waals surface area contributed by atoms with Gasteiger partial charge in [0.25, 0.3) is 0 Å². The van der Waals surface area contributed by atoms with Crippen LogP contribution in [0.15, 0.2) is 22.7 Å². The van der Waals surface area contributed by atoms with Crippen molar-refractivity contribution in [2.45, 2.75) is 47.1 Å². The number of nitrogens with one attached hydrogen (secondary N) is 1. The number of aromatic nitrogens is 3. The van der Waals surface area contributed by atoms with E-state index in [-0.39, 0.29) is 5.41 Å². The zero-order chi connectivity index (χ0) is 15.5. The molecule has 2 aromatic heterocycles. The maximum atomic E-state index is 5.39. The lowest BCUT2D eigenvalue weighted by molar-refractivity contribution is 0.247. The van der Waals surface area contributed by atoms with Crippen molar-refractivity contribution in [2.24, 2.45) is 5.41 Å². The second-order valence-corrected chi connectivity index (χ2v) is 6.36. The highest BCUT2D eigenvalue weighted by Crippen LogP contribution is 2.23. The molecule has 0 aliphatic heterocycles. The molecule has 0 saturated carbocycles. The fraction of sp³-hybridized carbons (Fsp3) is 0.562. The van der Waals surface area contributed by atoms with Gasteiger partial charge in [-0.15, -0.1) is 0 Å². The lowest BCUT2D eigenvalue weighted by Crippen LogP contribution is -2.41. The predicted molar refractivity (Wildman–Crippen MR) is 82.9 cm³/mol. The van der Waals surface area contributed by atoms with E-state index < -0.39 is 0 Å². The van der Waals surface area contributed by atoms with Crippen molar-refractivity contribution in [3.8, 4) is 11.5 Å². The van der Waals surface area contributed by atoms with Gasteiger partial charge in [-0.2, -0.15) is 4.98 Å². The number of pyridine rings is 1. The Bertz CT molecular complexity index is 586. The smallest absolute Gasteiger partial charge is 0.228 e. The average Bonchev–Trinajstić information content (AvgIpc) is 2.86. The van der Waals surface area contributed by atoms with Crippen molar-refractivity contribution in [3.63, 3.8) is 0 Å². The number of hydrogen-bond donors (Lipinski definition) is 1. The Morgan fingerprint density at radius 3 is 2.62 bits per heavy atom. The molecule has 1 N–H and O–H groups in total. The van der Waals surface area contributed by atoms with Crippen LogP contribution in [0.2, 0.25) is 0 Å². The third-order valence-corrected chi connectivity index (χ3v) is 3.46. The van der Waals surface area contributed by atoms with Crippen LogP contribution in [0.5, 0.6) is 0 Å². The molecule has 5 heteroatoms. The van der Waals surface area contributed by atoms with Gasteiger partial charge in [0.05, 0.1) is 0 Å². The topological polar surface area (TPSA) is 63.8 Å². The highest BCUT2D eigenvalue weighted by atomic mass is 16.5. The molecule has 0 bridgehead atoms. The minimum absolute atomic E-state index is 0.131.